The molecule has 0 aliphatic heterocycles. The Hall–Kier alpha value is -3.81. The molecule has 8 heteroatoms. The lowest BCUT2D eigenvalue weighted by Crippen LogP contribution is -2.47. The van der Waals surface area contributed by atoms with Crippen molar-refractivity contribution in [3.63, 3.8) is 0 Å². The molecule has 4 N–H and O–H groups in total. The summed E-state index contributed by atoms with van der Waals surface area (Å²) in [5.41, 5.74) is 2.14. The smallest absolute Gasteiger partial charge is 0.257 e. The Bertz CT molecular complexity index is 939. The molecule has 2 aromatic carbocycles. The number of carbonyl (C=O) groups excluding carboxylic acids is 3. The zero-order valence-electron chi connectivity index (χ0n) is 16.9. The number of hydrogen-bond acceptors (Lipinski definition) is 4. The summed E-state index contributed by atoms with van der Waals surface area (Å²) >= 11 is 0. The first-order chi connectivity index (χ1) is 14.3. The maximum Gasteiger partial charge on any atom is 0.257 e. The Morgan fingerprint density at radius 2 is 1.63 bits per heavy atom. The van der Waals surface area contributed by atoms with Crippen LogP contribution in [0.15, 0.2) is 60.8 Å². The average Bonchev–Trinajstić information content (AvgIpc) is 2.71. The number of nitrogens with zero attached hydrogens (tertiary/aromatic N) is 1. The van der Waals surface area contributed by atoms with E-state index in [9.17, 15) is 19.3 Å². The number of hydrazine groups is 1. The van der Waals surface area contributed by atoms with Gasteiger partial charge in [0.15, 0.2) is 5.78 Å². The van der Waals surface area contributed by atoms with E-state index in [2.05, 4.69) is 10.6 Å². The van der Waals surface area contributed by atoms with E-state index in [1.807, 2.05) is 30.3 Å². The van der Waals surface area contributed by atoms with E-state index >= 15 is 0 Å². The van der Waals surface area contributed by atoms with Gasteiger partial charge < -0.3 is 10.6 Å². The van der Waals surface area contributed by atoms with Crippen LogP contribution >= 0.6 is 0 Å². The molecule has 0 fully saturated rings. The standard InChI is InChI=1S/C22H24N4O4/c1-15(27)20(14-18-6-4-3-5-7-18)25-22(29)21(24-16(2)28)19-10-8-17(9-11-19)12-13-26(23)30/h3-13,20-21H,14H2,1-2H3,(H3-,23,24,25,28,29,30)/p+1/b13-12-. The summed E-state index contributed by atoms with van der Waals surface area (Å²) in [4.78, 5) is 47.6. The fourth-order valence-electron chi connectivity index (χ4n) is 2.86. The van der Waals surface area contributed by atoms with Crippen molar-refractivity contribution in [1.29, 1.82) is 0 Å². The minimum atomic E-state index is -0.969. The predicted octanol–water partition coefficient (Wildman–Crippen LogP) is 1.80. The van der Waals surface area contributed by atoms with Gasteiger partial charge in [-0.3, -0.25) is 14.4 Å². The van der Waals surface area contributed by atoms with Gasteiger partial charge in [-0.1, -0.05) is 54.6 Å². The van der Waals surface area contributed by atoms with Crippen molar-refractivity contribution in [3.05, 3.63) is 82.4 Å². The third-order valence-electron chi connectivity index (χ3n) is 4.38. The SMILES string of the molecule is CC(=O)NC(C(=O)NC(Cc1ccccc1)C(C)=O)c1ccc(/C=C\[N+](N)=O)cc1. The van der Waals surface area contributed by atoms with E-state index in [-0.39, 0.29) is 16.6 Å². The number of Topliss-reactive ketones (excluding diaryl/α,β-unsaturated/α-hetero) is 1. The normalized spacial score (nSPS) is 12.7. The van der Waals surface area contributed by atoms with Crippen molar-refractivity contribution >= 4 is 23.7 Å². The molecular weight excluding hydrogens is 384 g/mol. The van der Waals surface area contributed by atoms with E-state index in [1.165, 1.54) is 19.9 Å². The van der Waals surface area contributed by atoms with Gasteiger partial charge in [-0.05, 0) is 30.0 Å². The number of nitrogens with one attached hydrogen (secondary N) is 2. The van der Waals surface area contributed by atoms with Gasteiger partial charge in [-0.2, -0.15) is 5.84 Å². The fourth-order valence-corrected chi connectivity index (χ4v) is 2.86. The zero-order valence-corrected chi connectivity index (χ0v) is 16.9. The highest BCUT2D eigenvalue weighted by atomic mass is 16.3. The van der Waals surface area contributed by atoms with Gasteiger partial charge in [0.25, 0.3) is 6.20 Å². The van der Waals surface area contributed by atoms with Gasteiger partial charge in [-0.25, -0.2) is 0 Å². The minimum absolute atomic E-state index is 0.177. The molecule has 0 aliphatic rings. The van der Waals surface area contributed by atoms with Gasteiger partial charge in [0, 0.05) is 13.0 Å². The molecule has 156 valence electrons. The number of nitroso groups, excluding NO2 is 1. The van der Waals surface area contributed by atoms with Crippen molar-refractivity contribution in [2.75, 3.05) is 0 Å². The molecule has 0 aromatic heterocycles. The topological polar surface area (TPSA) is 121 Å². The Morgan fingerprint density at radius 3 is 2.17 bits per heavy atom. The minimum Gasteiger partial charge on any atom is -0.344 e. The molecule has 0 saturated heterocycles. The molecule has 0 bridgehead atoms. The Balaban J connectivity index is 2.20. The highest BCUT2D eigenvalue weighted by Gasteiger charge is 2.26. The third-order valence-corrected chi connectivity index (χ3v) is 4.38. The van der Waals surface area contributed by atoms with Crippen LogP contribution in [0.5, 0.6) is 0 Å². The number of ketones is 1. The molecule has 2 atom stereocenters. The summed E-state index contributed by atoms with van der Waals surface area (Å²) in [6.07, 6.45) is 3.01. The van der Waals surface area contributed by atoms with Gasteiger partial charge in [-0.15, -0.1) is 0 Å². The van der Waals surface area contributed by atoms with Crippen LogP contribution in [0.2, 0.25) is 0 Å². The predicted molar refractivity (Wildman–Crippen MR) is 113 cm³/mol. The number of benzene rings is 2. The lowest BCUT2D eigenvalue weighted by atomic mass is 10.0. The summed E-state index contributed by atoms with van der Waals surface area (Å²) in [7, 11) is 0. The first-order valence-corrected chi connectivity index (χ1v) is 9.37. The monoisotopic (exact) mass is 409 g/mol. The van der Waals surface area contributed by atoms with Crippen molar-refractivity contribution in [2.24, 2.45) is 5.84 Å². The summed E-state index contributed by atoms with van der Waals surface area (Å²) in [5, 5.41) is 5.36. The highest BCUT2D eigenvalue weighted by Crippen LogP contribution is 2.16. The van der Waals surface area contributed by atoms with E-state index < -0.39 is 18.0 Å². The lowest BCUT2D eigenvalue weighted by molar-refractivity contribution is -0.489. The molecular formula is C22H25N4O4+. The van der Waals surface area contributed by atoms with Crippen LogP contribution in [-0.2, 0) is 20.8 Å². The number of hydrogen-bond donors (Lipinski definition) is 3. The van der Waals surface area contributed by atoms with E-state index in [0.717, 1.165) is 11.8 Å². The van der Waals surface area contributed by atoms with Crippen molar-refractivity contribution < 1.29 is 19.3 Å². The number of carbonyl (C=O) groups is 3. The van der Waals surface area contributed by atoms with Crippen molar-refractivity contribution in [2.45, 2.75) is 32.4 Å². The summed E-state index contributed by atoms with van der Waals surface area (Å²) in [6, 6.07) is 14.4. The Labute approximate surface area is 174 Å². The quantitative estimate of drug-likeness (QED) is 0.331. The van der Waals surface area contributed by atoms with E-state index in [0.29, 0.717) is 17.5 Å². The van der Waals surface area contributed by atoms with Gasteiger partial charge in [0.1, 0.15) is 10.9 Å². The molecule has 2 aromatic rings. The molecule has 0 saturated carbocycles. The van der Waals surface area contributed by atoms with Crippen LogP contribution in [0, 0.1) is 4.91 Å². The first kappa shape index (κ1) is 22.5. The number of nitrogens with two attached hydrogens (primary N) is 1. The molecule has 0 radical (unpaired) electrons. The number of amides is 2. The molecule has 0 aliphatic carbocycles. The molecule has 0 heterocycles. The third kappa shape index (κ3) is 6.97. The molecule has 8 nitrogen and oxygen atoms in total. The zero-order chi connectivity index (χ0) is 22.1. The average molecular weight is 409 g/mol. The van der Waals surface area contributed by atoms with E-state index in [4.69, 9.17) is 5.84 Å². The molecule has 0 spiro atoms. The highest BCUT2D eigenvalue weighted by molar-refractivity contribution is 5.92. The van der Waals surface area contributed by atoms with Crippen LogP contribution in [0.25, 0.3) is 6.08 Å². The van der Waals surface area contributed by atoms with Crippen LogP contribution < -0.4 is 16.5 Å². The Morgan fingerprint density at radius 1 is 1.00 bits per heavy atom. The largest absolute Gasteiger partial charge is 0.344 e. The Kier molecular flexibility index (Phi) is 7.99. The molecule has 2 amide bonds. The second-order valence-corrected chi connectivity index (χ2v) is 6.84. The molecule has 2 unspecified atom stereocenters. The summed E-state index contributed by atoms with van der Waals surface area (Å²) < 4.78 is 0. The van der Waals surface area contributed by atoms with Crippen molar-refractivity contribution in [3.8, 4) is 0 Å². The second kappa shape index (κ2) is 10.7. The van der Waals surface area contributed by atoms with Gasteiger partial charge >= 0.3 is 0 Å². The maximum absolute atomic E-state index is 12.9. The fraction of sp³-hybridized carbons (Fsp3) is 0.227. The van der Waals surface area contributed by atoms with Gasteiger partial charge in [0.05, 0.1) is 10.9 Å². The first-order valence-electron chi connectivity index (χ1n) is 9.37. The molecule has 2 rings (SSSR count). The maximum atomic E-state index is 12.9. The number of rotatable bonds is 9. The van der Waals surface area contributed by atoms with Crippen LogP contribution in [0.3, 0.4) is 0 Å². The van der Waals surface area contributed by atoms with Crippen molar-refractivity contribution in [1.82, 2.24) is 10.6 Å². The van der Waals surface area contributed by atoms with Gasteiger partial charge in [0.2, 0.25) is 11.8 Å². The van der Waals surface area contributed by atoms with Crippen LogP contribution in [0.4, 0.5) is 0 Å². The molecule has 30 heavy (non-hydrogen) atoms. The lowest BCUT2D eigenvalue weighted by Gasteiger charge is -2.22. The summed E-state index contributed by atoms with van der Waals surface area (Å²) in [6.45, 7) is 2.73. The second-order valence-electron chi connectivity index (χ2n) is 6.84. The summed E-state index contributed by atoms with van der Waals surface area (Å²) in [5.74, 6) is 3.95. The van der Waals surface area contributed by atoms with E-state index in [1.54, 1.807) is 24.3 Å². The van der Waals surface area contributed by atoms with Crippen LogP contribution in [-0.4, -0.2) is 28.5 Å². The van der Waals surface area contributed by atoms with Crippen LogP contribution in [0.1, 0.15) is 36.6 Å².